The molecule has 1 saturated heterocycles. The summed E-state index contributed by atoms with van der Waals surface area (Å²) in [5.41, 5.74) is 0. The zero-order valence-electron chi connectivity index (χ0n) is 16.0. The summed E-state index contributed by atoms with van der Waals surface area (Å²) >= 11 is 0. The van der Waals surface area contributed by atoms with Gasteiger partial charge >= 0.3 is 0 Å². The van der Waals surface area contributed by atoms with Gasteiger partial charge in [0.1, 0.15) is 11.6 Å². The Kier molecular flexibility index (Phi) is 5.80. The number of nitrogens with zero attached hydrogens (tertiary/aromatic N) is 2. The van der Waals surface area contributed by atoms with Crippen LogP contribution in [0.2, 0.25) is 0 Å². The second kappa shape index (κ2) is 8.66. The van der Waals surface area contributed by atoms with Crippen molar-refractivity contribution in [3.8, 4) is 0 Å². The normalized spacial score (nSPS) is 15.2. The number of hydrogen-bond acceptors (Lipinski definition) is 5. The maximum atomic E-state index is 13.0. The van der Waals surface area contributed by atoms with Crippen molar-refractivity contribution in [2.75, 3.05) is 26.2 Å². The fourth-order valence-corrected chi connectivity index (χ4v) is 4.21. The van der Waals surface area contributed by atoms with Gasteiger partial charge in [0.15, 0.2) is 11.5 Å². The molecule has 4 rings (SSSR count). The second-order valence-corrected chi connectivity index (χ2v) is 8.22. The summed E-state index contributed by atoms with van der Waals surface area (Å²) in [6, 6.07) is 11.9. The predicted molar refractivity (Wildman–Crippen MR) is 106 cm³/mol. The minimum atomic E-state index is -1.41. The Morgan fingerprint density at radius 2 is 1.53 bits per heavy atom. The number of carbonyl (C=O) groups excluding carboxylic acids is 2. The first-order chi connectivity index (χ1) is 14.5. The van der Waals surface area contributed by atoms with E-state index in [-0.39, 0.29) is 29.1 Å². The van der Waals surface area contributed by atoms with E-state index >= 15 is 0 Å². The summed E-state index contributed by atoms with van der Waals surface area (Å²) < 4.78 is 36.1. The molecule has 0 aliphatic carbocycles. The van der Waals surface area contributed by atoms with Crippen molar-refractivity contribution in [1.82, 2.24) is 9.80 Å². The molecule has 1 atom stereocenters. The van der Waals surface area contributed by atoms with Crippen molar-refractivity contribution < 1.29 is 27.0 Å². The highest BCUT2D eigenvalue weighted by Crippen LogP contribution is 2.18. The average Bonchev–Trinajstić information content (AvgIpc) is 3.46. The minimum Gasteiger partial charge on any atom is -0.459 e. The molecule has 1 aliphatic heterocycles. The number of amides is 2. The van der Waals surface area contributed by atoms with E-state index in [2.05, 4.69) is 0 Å². The van der Waals surface area contributed by atoms with Crippen LogP contribution in [0.15, 0.2) is 68.5 Å². The van der Waals surface area contributed by atoms with Crippen molar-refractivity contribution in [2.45, 2.75) is 10.6 Å². The Bertz CT molecular complexity index is 1050. The molecule has 30 heavy (non-hydrogen) atoms. The maximum absolute atomic E-state index is 13.0. The fraction of sp³-hybridized carbons (Fsp3) is 0.238. The van der Waals surface area contributed by atoms with Gasteiger partial charge < -0.3 is 18.6 Å². The molecular weight excluding hydrogens is 411 g/mol. The molecule has 0 unspecified atom stereocenters. The topological polar surface area (TPSA) is 84.0 Å². The predicted octanol–water partition coefficient (Wildman–Crippen LogP) is 2.92. The number of rotatable bonds is 5. The van der Waals surface area contributed by atoms with Crippen LogP contribution in [-0.2, 0) is 16.6 Å². The Balaban J connectivity index is 1.33. The van der Waals surface area contributed by atoms with Crippen LogP contribution in [0.5, 0.6) is 0 Å². The quantitative estimate of drug-likeness (QED) is 0.622. The van der Waals surface area contributed by atoms with Gasteiger partial charge in [-0.1, -0.05) is 0 Å². The lowest BCUT2D eigenvalue weighted by Gasteiger charge is -2.33. The molecule has 3 aromatic rings. The van der Waals surface area contributed by atoms with E-state index in [4.69, 9.17) is 8.83 Å². The Labute approximate surface area is 174 Å². The van der Waals surface area contributed by atoms with E-state index in [1.165, 1.54) is 30.5 Å². The van der Waals surface area contributed by atoms with Crippen molar-refractivity contribution in [2.24, 2.45) is 0 Å². The first kappa shape index (κ1) is 20.1. The number of piperazine rings is 1. The van der Waals surface area contributed by atoms with Gasteiger partial charge in [0.25, 0.3) is 11.8 Å². The highest BCUT2D eigenvalue weighted by atomic mass is 32.2. The average molecular weight is 430 g/mol. The molecular formula is C21H19FN2O5S. The number of carbonyl (C=O) groups is 2. The molecule has 2 aromatic heterocycles. The molecule has 1 fully saturated rings. The van der Waals surface area contributed by atoms with Crippen molar-refractivity contribution >= 4 is 22.6 Å². The Hall–Kier alpha value is -3.20. The van der Waals surface area contributed by atoms with Crippen LogP contribution in [0.25, 0.3) is 0 Å². The van der Waals surface area contributed by atoms with Crippen LogP contribution in [0.1, 0.15) is 26.9 Å². The lowest BCUT2D eigenvalue weighted by molar-refractivity contribution is 0.0501. The smallest absolute Gasteiger partial charge is 0.289 e. The largest absolute Gasteiger partial charge is 0.459 e. The molecule has 1 aliphatic rings. The van der Waals surface area contributed by atoms with Gasteiger partial charge in [-0.2, -0.15) is 0 Å². The summed E-state index contributed by atoms with van der Waals surface area (Å²) in [5, 5.41) is 0. The Morgan fingerprint density at radius 1 is 0.900 bits per heavy atom. The maximum Gasteiger partial charge on any atom is 0.289 e. The van der Waals surface area contributed by atoms with Crippen LogP contribution in [0.3, 0.4) is 0 Å². The van der Waals surface area contributed by atoms with Crippen LogP contribution in [-0.4, -0.2) is 52.0 Å². The summed E-state index contributed by atoms with van der Waals surface area (Å²) in [4.78, 5) is 28.8. The summed E-state index contributed by atoms with van der Waals surface area (Å²) in [5.74, 6) is 0.0611. The molecule has 0 bridgehead atoms. The number of benzene rings is 1. The van der Waals surface area contributed by atoms with Crippen molar-refractivity contribution in [3.05, 3.63) is 77.9 Å². The molecule has 7 nitrogen and oxygen atoms in total. The Morgan fingerprint density at radius 3 is 2.13 bits per heavy atom. The number of halogens is 1. The zero-order chi connectivity index (χ0) is 21.1. The molecule has 9 heteroatoms. The standard InChI is InChI=1S/C21H19FN2O5S/c22-15-3-6-17(7-4-15)30(27)14-16-5-8-19(29-16)21(26)24-11-9-23(10-12-24)20(25)18-2-1-13-28-18/h1-8,13H,9-12,14H2/t30-/m0/s1. The summed E-state index contributed by atoms with van der Waals surface area (Å²) in [7, 11) is -1.41. The highest BCUT2D eigenvalue weighted by Gasteiger charge is 2.28. The van der Waals surface area contributed by atoms with Crippen LogP contribution >= 0.6 is 0 Å². The second-order valence-electron chi connectivity index (χ2n) is 6.77. The zero-order valence-corrected chi connectivity index (χ0v) is 16.8. The van der Waals surface area contributed by atoms with E-state index in [1.54, 1.807) is 34.1 Å². The van der Waals surface area contributed by atoms with Gasteiger partial charge in [0, 0.05) is 31.1 Å². The lowest BCUT2D eigenvalue weighted by atomic mass is 10.2. The molecule has 2 amide bonds. The first-order valence-electron chi connectivity index (χ1n) is 9.36. The van der Waals surface area contributed by atoms with Crippen LogP contribution < -0.4 is 0 Å². The van der Waals surface area contributed by atoms with E-state index in [9.17, 15) is 18.2 Å². The van der Waals surface area contributed by atoms with Gasteiger partial charge in [-0.15, -0.1) is 0 Å². The fourth-order valence-electron chi connectivity index (χ4n) is 3.19. The van der Waals surface area contributed by atoms with E-state index in [0.29, 0.717) is 36.8 Å². The van der Waals surface area contributed by atoms with E-state index in [1.807, 2.05) is 0 Å². The minimum absolute atomic E-state index is 0.0876. The SMILES string of the molecule is O=C(c1ccco1)N1CCN(C(=O)c2ccc(C[S@](=O)c3ccc(F)cc3)o2)CC1. The molecule has 0 spiro atoms. The van der Waals surface area contributed by atoms with Gasteiger partial charge in [-0.25, -0.2) is 4.39 Å². The third-order valence-electron chi connectivity index (χ3n) is 4.81. The number of hydrogen-bond donors (Lipinski definition) is 0. The monoisotopic (exact) mass is 430 g/mol. The van der Waals surface area contributed by atoms with Gasteiger partial charge in [-0.05, 0) is 48.5 Å². The van der Waals surface area contributed by atoms with Gasteiger partial charge in [0.05, 0.1) is 22.8 Å². The summed E-state index contributed by atoms with van der Waals surface area (Å²) in [6.07, 6.45) is 1.45. The van der Waals surface area contributed by atoms with Gasteiger partial charge in [-0.3, -0.25) is 13.8 Å². The highest BCUT2D eigenvalue weighted by molar-refractivity contribution is 7.84. The molecule has 0 N–H and O–H groups in total. The van der Waals surface area contributed by atoms with Crippen LogP contribution in [0, 0.1) is 5.82 Å². The van der Waals surface area contributed by atoms with Crippen molar-refractivity contribution in [1.29, 1.82) is 0 Å². The third-order valence-corrected chi connectivity index (χ3v) is 6.15. The molecule has 156 valence electrons. The molecule has 0 radical (unpaired) electrons. The van der Waals surface area contributed by atoms with Crippen molar-refractivity contribution in [3.63, 3.8) is 0 Å². The molecule has 3 heterocycles. The van der Waals surface area contributed by atoms with E-state index < -0.39 is 16.6 Å². The lowest BCUT2D eigenvalue weighted by Crippen LogP contribution is -2.50. The van der Waals surface area contributed by atoms with Gasteiger partial charge in [0.2, 0.25) is 0 Å². The molecule has 0 saturated carbocycles. The third kappa shape index (κ3) is 4.35. The first-order valence-corrected chi connectivity index (χ1v) is 10.7. The van der Waals surface area contributed by atoms with Crippen LogP contribution in [0.4, 0.5) is 4.39 Å². The van der Waals surface area contributed by atoms with E-state index in [0.717, 1.165) is 0 Å². The number of furan rings is 2. The molecule has 1 aromatic carbocycles. The summed E-state index contributed by atoms with van der Waals surface area (Å²) in [6.45, 7) is 1.55.